The molecule has 0 aromatic carbocycles. The van der Waals surface area contributed by atoms with Gasteiger partial charge in [-0.1, -0.05) is 216 Å². The van der Waals surface area contributed by atoms with Crippen molar-refractivity contribution in [3.05, 3.63) is 60.8 Å². The average molecular weight is 867 g/mol. The molecule has 1 atom stereocenters. The lowest BCUT2D eigenvalue weighted by Crippen LogP contribution is -2.30. The summed E-state index contributed by atoms with van der Waals surface area (Å²) in [4.78, 5) is 25.4. The van der Waals surface area contributed by atoms with Crippen molar-refractivity contribution in [1.82, 2.24) is 0 Å². The van der Waals surface area contributed by atoms with Crippen molar-refractivity contribution < 1.29 is 23.8 Å². The van der Waals surface area contributed by atoms with Crippen LogP contribution in [-0.4, -0.2) is 37.9 Å². The molecule has 0 N–H and O–H groups in total. The molecular formula is C57H102O5. The Kier molecular flexibility index (Phi) is 50.9. The molecule has 0 aromatic heterocycles. The highest BCUT2D eigenvalue weighted by Crippen LogP contribution is 2.14. The Hall–Kier alpha value is -2.40. The second-order valence-electron chi connectivity index (χ2n) is 17.8. The number of esters is 2. The van der Waals surface area contributed by atoms with Gasteiger partial charge in [0.25, 0.3) is 0 Å². The van der Waals surface area contributed by atoms with Gasteiger partial charge in [0.15, 0.2) is 6.10 Å². The number of ether oxygens (including phenoxy) is 3. The Bertz CT molecular complexity index is 1070. The van der Waals surface area contributed by atoms with Crippen LogP contribution in [0.5, 0.6) is 0 Å². The van der Waals surface area contributed by atoms with Gasteiger partial charge < -0.3 is 14.2 Å². The summed E-state index contributed by atoms with van der Waals surface area (Å²) in [5.41, 5.74) is 0. The summed E-state index contributed by atoms with van der Waals surface area (Å²) in [6.07, 6.45) is 66.6. The van der Waals surface area contributed by atoms with E-state index in [1.165, 1.54) is 154 Å². The number of carbonyl (C=O) groups is 2. The van der Waals surface area contributed by atoms with Crippen LogP contribution in [0, 0.1) is 0 Å². The zero-order valence-corrected chi connectivity index (χ0v) is 41.4. The number of hydrogen-bond acceptors (Lipinski definition) is 5. The summed E-state index contributed by atoms with van der Waals surface area (Å²) in [5, 5.41) is 0. The summed E-state index contributed by atoms with van der Waals surface area (Å²) in [6, 6.07) is 0. The molecule has 0 aliphatic carbocycles. The van der Waals surface area contributed by atoms with E-state index in [0.29, 0.717) is 19.4 Å². The van der Waals surface area contributed by atoms with Crippen molar-refractivity contribution in [2.75, 3.05) is 19.8 Å². The quantitative estimate of drug-likeness (QED) is 0.0346. The van der Waals surface area contributed by atoms with Gasteiger partial charge in [0.2, 0.25) is 0 Å². The fraction of sp³-hybridized carbons (Fsp3) is 0.789. The fourth-order valence-electron chi connectivity index (χ4n) is 7.46. The predicted molar refractivity (Wildman–Crippen MR) is 270 cm³/mol. The molecule has 0 rings (SSSR count). The summed E-state index contributed by atoms with van der Waals surface area (Å²) in [5.74, 6) is -0.425. The second kappa shape index (κ2) is 52.9. The minimum absolute atomic E-state index is 0.0718. The number of carbonyl (C=O) groups excluding carboxylic acids is 2. The number of allylic oxidation sites excluding steroid dienone is 10. The van der Waals surface area contributed by atoms with Gasteiger partial charge in [-0.05, 0) is 96.3 Å². The van der Waals surface area contributed by atoms with E-state index >= 15 is 0 Å². The van der Waals surface area contributed by atoms with Crippen LogP contribution >= 0.6 is 0 Å². The summed E-state index contributed by atoms with van der Waals surface area (Å²) in [6.45, 7) is 7.69. The van der Waals surface area contributed by atoms with Crippen LogP contribution in [0.15, 0.2) is 60.8 Å². The van der Waals surface area contributed by atoms with Gasteiger partial charge >= 0.3 is 11.9 Å². The second-order valence-corrected chi connectivity index (χ2v) is 17.8. The van der Waals surface area contributed by atoms with Gasteiger partial charge in [0.05, 0.1) is 6.61 Å². The van der Waals surface area contributed by atoms with Gasteiger partial charge in [-0.3, -0.25) is 9.59 Å². The van der Waals surface area contributed by atoms with Gasteiger partial charge in [0, 0.05) is 19.4 Å². The third-order valence-corrected chi connectivity index (χ3v) is 11.5. The normalized spacial score (nSPS) is 12.6. The summed E-state index contributed by atoms with van der Waals surface area (Å²) < 4.78 is 17.4. The first-order valence-electron chi connectivity index (χ1n) is 26.8. The van der Waals surface area contributed by atoms with Crippen LogP contribution in [0.4, 0.5) is 0 Å². The minimum Gasteiger partial charge on any atom is -0.462 e. The van der Waals surface area contributed by atoms with Gasteiger partial charge in [-0.2, -0.15) is 0 Å². The molecule has 5 heteroatoms. The van der Waals surface area contributed by atoms with E-state index in [1.807, 2.05) is 0 Å². The molecule has 1 unspecified atom stereocenters. The van der Waals surface area contributed by atoms with E-state index in [1.54, 1.807) is 0 Å². The summed E-state index contributed by atoms with van der Waals surface area (Å²) in [7, 11) is 0. The molecule has 360 valence electrons. The van der Waals surface area contributed by atoms with E-state index in [4.69, 9.17) is 14.2 Å². The van der Waals surface area contributed by atoms with Gasteiger partial charge in [0.1, 0.15) is 6.61 Å². The van der Waals surface area contributed by atoms with Crippen LogP contribution in [0.1, 0.15) is 265 Å². The van der Waals surface area contributed by atoms with Crippen LogP contribution in [0.2, 0.25) is 0 Å². The molecule has 0 saturated heterocycles. The molecule has 0 fully saturated rings. The lowest BCUT2D eigenvalue weighted by atomic mass is 10.1. The van der Waals surface area contributed by atoms with Crippen molar-refractivity contribution in [2.24, 2.45) is 0 Å². The van der Waals surface area contributed by atoms with Crippen LogP contribution < -0.4 is 0 Å². The average Bonchev–Trinajstić information content (AvgIpc) is 3.27. The first-order chi connectivity index (χ1) is 30.6. The van der Waals surface area contributed by atoms with E-state index < -0.39 is 6.10 Å². The Labute approximate surface area is 385 Å². The molecule has 62 heavy (non-hydrogen) atoms. The van der Waals surface area contributed by atoms with Crippen molar-refractivity contribution in [2.45, 2.75) is 271 Å². The van der Waals surface area contributed by atoms with Crippen molar-refractivity contribution in [3.63, 3.8) is 0 Å². The molecule has 0 spiro atoms. The standard InChI is InChI=1S/C57H102O5/c1-4-7-10-13-16-19-22-25-26-27-28-29-30-31-34-37-40-43-46-49-52-60-53-55(62-57(59)51-48-45-42-39-36-33-24-21-18-15-12-9-6-3)54-61-56(58)50-47-44-41-38-35-32-23-20-17-14-11-8-5-2/h11-12,14-15,20-21,23-26,55H,4-10,13,16-19,22,27-54H2,1-3H3/b14-11-,15-12-,23-20-,24-21-,26-25-. The topological polar surface area (TPSA) is 61.8 Å². The minimum atomic E-state index is -0.550. The van der Waals surface area contributed by atoms with E-state index in [-0.39, 0.29) is 25.2 Å². The zero-order valence-electron chi connectivity index (χ0n) is 41.4. The maximum absolute atomic E-state index is 12.8. The molecule has 0 amide bonds. The van der Waals surface area contributed by atoms with Crippen LogP contribution in [0.3, 0.4) is 0 Å². The lowest BCUT2D eigenvalue weighted by molar-refractivity contribution is -0.163. The zero-order chi connectivity index (χ0) is 44.9. The lowest BCUT2D eigenvalue weighted by Gasteiger charge is -2.18. The smallest absolute Gasteiger partial charge is 0.306 e. The van der Waals surface area contributed by atoms with Gasteiger partial charge in [-0.25, -0.2) is 0 Å². The van der Waals surface area contributed by atoms with Gasteiger partial charge in [-0.15, -0.1) is 0 Å². The Morgan fingerprint density at radius 3 is 1.15 bits per heavy atom. The maximum Gasteiger partial charge on any atom is 0.306 e. The molecule has 0 bridgehead atoms. The molecular weight excluding hydrogens is 765 g/mol. The van der Waals surface area contributed by atoms with Crippen molar-refractivity contribution in [1.29, 1.82) is 0 Å². The van der Waals surface area contributed by atoms with E-state index in [9.17, 15) is 9.59 Å². The Morgan fingerprint density at radius 2 is 0.710 bits per heavy atom. The van der Waals surface area contributed by atoms with Crippen molar-refractivity contribution >= 4 is 11.9 Å². The van der Waals surface area contributed by atoms with E-state index in [0.717, 1.165) is 77.0 Å². The first kappa shape index (κ1) is 59.6. The van der Waals surface area contributed by atoms with E-state index in [2.05, 4.69) is 81.5 Å². The molecule has 0 saturated carbocycles. The third-order valence-electron chi connectivity index (χ3n) is 11.5. The Balaban J connectivity index is 4.24. The maximum atomic E-state index is 12.8. The number of unbranched alkanes of at least 4 members (excludes halogenated alkanes) is 28. The SMILES string of the molecule is CCC/C=C\C/C=C\CCCCCCCC(=O)OCC(COCCCCCCCCCCCC/C=C\CCCCCCCC)OC(=O)CCCCCCC/C=C\C/C=C\CCC. The number of hydrogen-bond donors (Lipinski definition) is 0. The monoisotopic (exact) mass is 867 g/mol. The predicted octanol–water partition coefficient (Wildman–Crippen LogP) is 18.1. The highest BCUT2D eigenvalue weighted by molar-refractivity contribution is 5.70. The molecule has 5 nitrogen and oxygen atoms in total. The number of rotatable bonds is 49. The fourth-order valence-corrected chi connectivity index (χ4v) is 7.46. The van der Waals surface area contributed by atoms with Crippen LogP contribution in [-0.2, 0) is 23.8 Å². The highest BCUT2D eigenvalue weighted by atomic mass is 16.6. The molecule has 0 heterocycles. The van der Waals surface area contributed by atoms with Crippen molar-refractivity contribution in [3.8, 4) is 0 Å². The Morgan fingerprint density at radius 1 is 0.355 bits per heavy atom. The molecule has 0 radical (unpaired) electrons. The summed E-state index contributed by atoms with van der Waals surface area (Å²) >= 11 is 0. The largest absolute Gasteiger partial charge is 0.462 e. The highest BCUT2D eigenvalue weighted by Gasteiger charge is 2.17. The molecule has 0 aliphatic heterocycles. The molecule has 0 aliphatic rings. The molecule has 0 aromatic rings. The third kappa shape index (κ3) is 50.2. The van der Waals surface area contributed by atoms with Crippen LogP contribution in [0.25, 0.3) is 0 Å². The first-order valence-corrected chi connectivity index (χ1v) is 26.8.